The molecule has 2 N–H and O–H groups in total. The van der Waals surface area contributed by atoms with Gasteiger partial charge in [-0.2, -0.15) is 0 Å². The van der Waals surface area contributed by atoms with Crippen molar-refractivity contribution in [2.24, 2.45) is 5.73 Å². The molecule has 2 rings (SSSR count). The van der Waals surface area contributed by atoms with Crippen molar-refractivity contribution in [1.29, 1.82) is 0 Å². The molecule has 0 unspecified atom stereocenters. The molecule has 0 radical (unpaired) electrons. The second-order valence-corrected chi connectivity index (χ2v) is 6.15. The van der Waals surface area contributed by atoms with Crippen LogP contribution in [0.5, 0.6) is 0 Å². The normalized spacial score (nSPS) is 17.4. The van der Waals surface area contributed by atoms with Crippen molar-refractivity contribution in [3.63, 3.8) is 0 Å². The Kier molecular flexibility index (Phi) is 4.16. The molecule has 1 aromatic rings. The number of nitrogens with zero attached hydrogens (tertiary/aromatic N) is 2. The lowest BCUT2D eigenvalue weighted by Gasteiger charge is -2.49. The third-order valence-electron chi connectivity index (χ3n) is 4.67. The van der Waals surface area contributed by atoms with Gasteiger partial charge in [-0.25, -0.2) is 0 Å². The molecule has 0 aromatic heterocycles. The van der Waals surface area contributed by atoms with Crippen molar-refractivity contribution in [3.05, 3.63) is 29.3 Å². The standard InChI is InChI=1S/C16H27N3/c1-13-10-14(11-17)6-7-15(13)19(4)12-16(18(2)3)8-5-9-16/h6-7,10H,5,8-9,11-12,17H2,1-4H3. The number of likely N-dealkylation sites (N-methyl/N-ethyl adjacent to an activating group) is 2. The van der Waals surface area contributed by atoms with E-state index >= 15 is 0 Å². The summed E-state index contributed by atoms with van der Waals surface area (Å²) < 4.78 is 0. The topological polar surface area (TPSA) is 32.5 Å². The monoisotopic (exact) mass is 261 g/mol. The van der Waals surface area contributed by atoms with Gasteiger partial charge in [0.25, 0.3) is 0 Å². The van der Waals surface area contributed by atoms with Crippen LogP contribution in [0.3, 0.4) is 0 Å². The first kappa shape index (κ1) is 14.4. The molecular formula is C16H27N3. The van der Waals surface area contributed by atoms with Crippen molar-refractivity contribution >= 4 is 5.69 Å². The molecule has 0 aliphatic heterocycles. The summed E-state index contributed by atoms with van der Waals surface area (Å²) in [6, 6.07) is 6.55. The molecule has 106 valence electrons. The third-order valence-corrected chi connectivity index (χ3v) is 4.67. The molecule has 0 atom stereocenters. The maximum absolute atomic E-state index is 5.70. The zero-order valence-electron chi connectivity index (χ0n) is 12.7. The summed E-state index contributed by atoms with van der Waals surface area (Å²) >= 11 is 0. The molecule has 0 heterocycles. The summed E-state index contributed by atoms with van der Waals surface area (Å²) in [6.07, 6.45) is 3.98. The van der Waals surface area contributed by atoms with E-state index in [-0.39, 0.29) is 0 Å². The lowest BCUT2D eigenvalue weighted by atomic mass is 9.75. The first-order valence-electron chi connectivity index (χ1n) is 7.17. The SMILES string of the molecule is Cc1cc(CN)ccc1N(C)CC1(N(C)C)CCC1. The highest BCUT2D eigenvalue weighted by atomic mass is 15.2. The van der Waals surface area contributed by atoms with Crippen LogP contribution in [-0.2, 0) is 6.54 Å². The number of rotatable bonds is 5. The van der Waals surface area contributed by atoms with Crippen LogP contribution < -0.4 is 10.6 Å². The molecule has 0 amide bonds. The fraction of sp³-hybridized carbons (Fsp3) is 0.625. The summed E-state index contributed by atoms with van der Waals surface area (Å²) in [5.41, 5.74) is 9.92. The number of benzene rings is 1. The number of anilines is 1. The predicted molar refractivity (Wildman–Crippen MR) is 82.6 cm³/mol. The summed E-state index contributed by atoms with van der Waals surface area (Å²) in [5, 5.41) is 0. The van der Waals surface area contributed by atoms with E-state index in [2.05, 4.69) is 56.1 Å². The molecule has 19 heavy (non-hydrogen) atoms. The number of hydrogen-bond donors (Lipinski definition) is 1. The van der Waals surface area contributed by atoms with E-state index in [0.29, 0.717) is 12.1 Å². The van der Waals surface area contributed by atoms with Gasteiger partial charge in [-0.15, -0.1) is 0 Å². The maximum Gasteiger partial charge on any atom is 0.0394 e. The summed E-state index contributed by atoms with van der Waals surface area (Å²) in [4.78, 5) is 4.80. The van der Waals surface area contributed by atoms with Gasteiger partial charge in [0.2, 0.25) is 0 Å². The Labute approximate surface area is 117 Å². The van der Waals surface area contributed by atoms with Crippen LogP contribution in [0.25, 0.3) is 0 Å². The van der Waals surface area contributed by atoms with Crippen LogP contribution in [0.1, 0.15) is 30.4 Å². The highest BCUT2D eigenvalue weighted by Crippen LogP contribution is 2.37. The largest absolute Gasteiger partial charge is 0.373 e. The zero-order valence-corrected chi connectivity index (χ0v) is 12.7. The van der Waals surface area contributed by atoms with Crippen molar-refractivity contribution in [2.75, 3.05) is 32.6 Å². The van der Waals surface area contributed by atoms with Crippen LogP contribution in [0.15, 0.2) is 18.2 Å². The van der Waals surface area contributed by atoms with E-state index < -0.39 is 0 Å². The second-order valence-electron chi connectivity index (χ2n) is 6.15. The first-order chi connectivity index (χ1) is 8.98. The van der Waals surface area contributed by atoms with Gasteiger partial charge >= 0.3 is 0 Å². The second kappa shape index (κ2) is 5.51. The Morgan fingerprint density at radius 3 is 2.32 bits per heavy atom. The lowest BCUT2D eigenvalue weighted by Crippen LogP contribution is -2.56. The Morgan fingerprint density at radius 1 is 1.21 bits per heavy atom. The van der Waals surface area contributed by atoms with E-state index in [0.717, 1.165) is 6.54 Å². The van der Waals surface area contributed by atoms with Crippen molar-refractivity contribution < 1.29 is 0 Å². The minimum Gasteiger partial charge on any atom is -0.373 e. The van der Waals surface area contributed by atoms with E-state index in [9.17, 15) is 0 Å². The highest BCUT2D eigenvalue weighted by molar-refractivity contribution is 5.54. The average Bonchev–Trinajstić information content (AvgIpc) is 2.32. The molecule has 1 aromatic carbocycles. The molecule has 1 aliphatic carbocycles. The first-order valence-corrected chi connectivity index (χ1v) is 7.17. The molecule has 0 spiro atoms. The van der Waals surface area contributed by atoms with Crippen LogP contribution in [-0.4, -0.2) is 38.1 Å². The number of hydrogen-bond acceptors (Lipinski definition) is 3. The molecular weight excluding hydrogens is 234 g/mol. The Bertz CT molecular complexity index is 436. The van der Waals surface area contributed by atoms with Crippen LogP contribution >= 0.6 is 0 Å². The number of aryl methyl sites for hydroxylation is 1. The van der Waals surface area contributed by atoms with Gasteiger partial charge < -0.3 is 15.5 Å². The molecule has 0 bridgehead atoms. The van der Waals surface area contributed by atoms with Gasteiger partial charge in [0.15, 0.2) is 0 Å². The van der Waals surface area contributed by atoms with Gasteiger partial charge in [-0.3, -0.25) is 0 Å². The van der Waals surface area contributed by atoms with Gasteiger partial charge in [-0.1, -0.05) is 12.1 Å². The predicted octanol–water partition coefficient (Wildman–Crippen LogP) is 2.37. The molecule has 1 aliphatic rings. The van der Waals surface area contributed by atoms with E-state index in [1.54, 1.807) is 0 Å². The van der Waals surface area contributed by atoms with Gasteiger partial charge in [0.05, 0.1) is 0 Å². The van der Waals surface area contributed by atoms with Gasteiger partial charge in [0, 0.05) is 31.4 Å². The van der Waals surface area contributed by atoms with Crippen LogP contribution in [0, 0.1) is 6.92 Å². The third kappa shape index (κ3) is 2.77. The maximum atomic E-state index is 5.70. The fourth-order valence-electron chi connectivity index (χ4n) is 3.13. The van der Waals surface area contributed by atoms with E-state index in [4.69, 9.17) is 5.73 Å². The minimum absolute atomic E-state index is 0.369. The Hall–Kier alpha value is -1.06. The number of nitrogens with two attached hydrogens (primary N) is 1. The molecule has 0 saturated heterocycles. The molecule has 1 fully saturated rings. The summed E-state index contributed by atoms with van der Waals surface area (Å²) in [6.45, 7) is 3.89. The fourth-order valence-corrected chi connectivity index (χ4v) is 3.13. The lowest BCUT2D eigenvalue weighted by molar-refractivity contribution is 0.0683. The van der Waals surface area contributed by atoms with Crippen molar-refractivity contribution in [2.45, 2.75) is 38.3 Å². The average molecular weight is 261 g/mol. The molecule has 3 heteroatoms. The Morgan fingerprint density at radius 2 is 1.89 bits per heavy atom. The summed E-state index contributed by atoms with van der Waals surface area (Å²) in [5.74, 6) is 0. The van der Waals surface area contributed by atoms with E-state index in [1.807, 2.05) is 0 Å². The van der Waals surface area contributed by atoms with Gasteiger partial charge in [-0.05, 0) is 57.5 Å². The van der Waals surface area contributed by atoms with Crippen LogP contribution in [0.4, 0.5) is 5.69 Å². The van der Waals surface area contributed by atoms with E-state index in [1.165, 1.54) is 36.1 Å². The smallest absolute Gasteiger partial charge is 0.0394 e. The highest BCUT2D eigenvalue weighted by Gasteiger charge is 2.40. The molecule has 3 nitrogen and oxygen atoms in total. The minimum atomic E-state index is 0.369. The zero-order chi connectivity index (χ0) is 14.0. The van der Waals surface area contributed by atoms with Gasteiger partial charge in [0.1, 0.15) is 0 Å². The summed E-state index contributed by atoms with van der Waals surface area (Å²) in [7, 11) is 6.61. The van der Waals surface area contributed by atoms with Crippen molar-refractivity contribution in [3.8, 4) is 0 Å². The Balaban J connectivity index is 2.13. The molecule has 1 saturated carbocycles. The van der Waals surface area contributed by atoms with Crippen LogP contribution in [0.2, 0.25) is 0 Å². The quantitative estimate of drug-likeness (QED) is 0.883. The van der Waals surface area contributed by atoms with Crippen molar-refractivity contribution in [1.82, 2.24) is 4.90 Å².